The maximum absolute atomic E-state index is 12.4. The van der Waals surface area contributed by atoms with Crippen LogP contribution in [0.15, 0.2) is 41.5 Å². The van der Waals surface area contributed by atoms with Crippen molar-refractivity contribution in [3.8, 4) is 0 Å². The zero-order chi connectivity index (χ0) is 14.7. The highest BCUT2D eigenvalue weighted by atomic mass is 16.1. The van der Waals surface area contributed by atoms with Crippen LogP contribution in [0.25, 0.3) is 0 Å². The summed E-state index contributed by atoms with van der Waals surface area (Å²) in [6.07, 6.45) is 3.36. The van der Waals surface area contributed by atoms with Crippen LogP contribution in [-0.2, 0) is 6.54 Å². The van der Waals surface area contributed by atoms with Gasteiger partial charge in [-0.25, -0.2) is 4.98 Å². The van der Waals surface area contributed by atoms with Crippen LogP contribution >= 0.6 is 0 Å². The van der Waals surface area contributed by atoms with Gasteiger partial charge in [0.25, 0.3) is 5.56 Å². The quantitative estimate of drug-likeness (QED) is 0.865. The summed E-state index contributed by atoms with van der Waals surface area (Å²) in [6, 6.07) is 7.75. The fourth-order valence-electron chi connectivity index (χ4n) is 2.09. The van der Waals surface area contributed by atoms with Gasteiger partial charge in [0.1, 0.15) is 0 Å². The second-order valence-corrected chi connectivity index (χ2v) is 5.11. The summed E-state index contributed by atoms with van der Waals surface area (Å²) in [7, 11) is 1.85. The van der Waals surface area contributed by atoms with Crippen molar-refractivity contribution < 1.29 is 0 Å². The lowest BCUT2D eigenvalue weighted by molar-refractivity contribution is 0.572. The molecule has 0 saturated heterocycles. The average molecular weight is 272 g/mol. The summed E-state index contributed by atoms with van der Waals surface area (Å²) >= 11 is 0. The molecular formula is C15H20N4O. The Bertz CT molecular complexity index is 648. The molecule has 0 aliphatic heterocycles. The number of rotatable bonds is 4. The normalized spacial score (nSPS) is 10.8. The molecule has 2 rings (SSSR count). The van der Waals surface area contributed by atoms with Gasteiger partial charge in [-0.15, -0.1) is 0 Å². The largest absolute Gasteiger partial charge is 0.398 e. The van der Waals surface area contributed by atoms with Crippen molar-refractivity contribution in [2.75, 3.05) is 17.7 Å². The first-order valence-corrected chi connectivity index (χ1v) is 6.62. The smallest absolute Gasteiger partial charge is 0.293 e. The van der Waals surface area contributed by atoms with Crippen LogP contribution in [0.1, 0.15) is 25.5 Å². The van der Waals surface area contributed by atoms with Gasteiger partial charge in [0.05, 0.1) is 0 Å². The van der Waals surface area contributed by atoms with Gasteiger partial charge in [0, 0.05) is 37.7 Å². The minimum Gasteiger partial charge on any atom is -0.398 e. The van der Waals surface area contributed by atoms with Gasteiger partial charge in [-0.1, -0.05) is 18.2 Å². The van der Waals surface area contributed by atoms with Gasteiger partial charge in [-0.05, 0) is 25.5 Å². The van der Waals surface area contributed by atoms with Gasteiger partial charge in [0.2, 0.25) is 0 Å². The minimum atomic E-state index is -0.0838. The molecule has 5 nitrogen and oxygen atoms in total. The standard InChI is InChI=1S/C15H20N4O/c1-11(2)19-9-8-17-14(15(19)20)18(3)10-12-6-4-5-7-13(12)16/h4-9,11H,10,16H2,1-3H3. The number of hydrogen-bond donors (Lipinski definition) is 1. The van der Waals surface area contributed by atoms with E-state index in [9.17, 15) is 4.79 Å². The maximum atomic E-state index is 12.4. The van der Waals surface area contributed by atoms with Crippen molar-refractivity contribution >= 4 is 11.5 Å². The van der Waals surface area contributed by atoms with Crippen LogP contribution in [0, 0.1) is 0 Å². The zero-order valence-corrected chi connectivity index (χ0v) is 12.1. The SMILES string of the molecule is CC(C)n1ccnc(N(C)Cc2ccccc2N)c1=O. The molecule has 0 radical (unpaired) electrons. The number of nitrogens with two attached hydrogens (primary N) is 1. The Kier molecular flexibility index (Phi) is 4.08. The van der Waals surface area contributed by atoms with E-state index in [1.807, 2.05) is 50.1 Å². The minimum absolute atomic E-state index is 0.0838. The van der Waals surface area contributed by atoms with E-state index >= 15 is 0 Å². The van der Waals surface area contributed by atoms with Crippen LogP contribution in [0.5, 0.6) is 0 Å². The lowest BCUT2D eigenvalue weighted by Crippen LogP contribution is -2.31. The zero-order valence-electron chi connectivity index (χ0n) is 12.1. The van der Waals surface area contributed by atoms with Crippen molar-refractivity contribution in [1.82, 2.24) is 9.55 Å². The second kappa shape index (κ2) is 5.77. The number of anilines is 2. The Morgan fingerprint density at radius 2 is 2.05 bits per heavy atom. The molecule has 5 heteroatoms. The molecule has 0 aliphatic rings. The summed E-state index contributed by atoms with van der Waals surface area (Å²) in [5.74, 6) is 0.435. The molecule has 0 aliphatic carbocycles. The average Bonchev–Trinajstić information content (AvgIpc) is 2.41. The fourth-order valence-corrected chi connectivity index (χ4v) is 2.09. The number of benzene rings is 1. The Hall–Kier alpha value is -2.30. The molecular weight excluding hydrogens is 252 g/mol. The van der Waals surface area contributed by atoms with E-state index in [4.69, 9.17) is 5.73 Å². The first-order chi connectivity index (χ1) is 9.50. The van der Waals surface area contributed by atoms with Gasteiger partial charge < -0.3 is 15.2 Å². The Balaban J connectivity index is 2.31. The molecule has 0 bridgehead atoms. The molecule has 0 fully saturated rings. The van der Waals surface area contributed by atoms with Crippen LogP contribution in [0.2, 0.25) is 0 Å². The molecule has 0 amide bonds. The third-order valence-electron chi connectivity index (χ3n) is 3.23. The van der Waals surface area contributed by atoms with E-state index in [1.54, 1.807) is 17.0 Å². The molecule has 1 aromatic heterocycles. The van der Waals surface area contributed by atoms with E-state index in [0.29, 0.717) is 12.4 Å². The predicted octanol–water partition coefficient (Wildman–Crippen LogP) is 2.04. The van der Waals surface area contributed by atoms with Crippen molar-refractivity contribution in [3.63, 3.8) is 0 Å². The molecule has 0 atom stereocenters. The van der Waals surface area contributed by atoms with Crippen LogP contribution in [0.3, 0.4) is 0 Å². The highest BCUT2D eigenvalue weighted by Gasteiger charge is 2.12. The first-order valence-electron chi connectivity index (χ1n) is 6.62. The van der Waals surface area contributed by atoms with Crippen LogP contribution in [0.4, 0.5) is 11.5 Å². The molecule has 0 spiro atoms. The monoisotopic (exact) mass is 272 g/mol. The highest BCUT2D eigenvalue weighted by molar-refractivity contribution is 5.49. The molecule has 2 N–H and O–H groups in total. The summed E-state index contributed by atoms with van der Waals surface area (Å²) in [5.41, 5.74) is 7.55. The highest BCUT2D eigenvalue weighted by Crippen LogP contribution is 2.15. The number of nitrogen functional groups attached to an aromatic ring is 1. The molecule has 20 heavy (non-hydrogen) atoms. The van der Waals surface area contributed by atoms with Crippen molar-refractivity contribution in [2.45, 2.75) is 26.4 Å². The summed E-state index contributed by atoms with van der Waals surface area (Å²) < 4.78 is 1.67. The molecule has 0 unspecified atom stereocenters. The lowest BCUT2D eigenvalue weighted by atomic mass is 10.2. The van der Waals surface area contributed by atoms with Crippen LogP contribution < -0.4 is 16.2 Å². The molecule has 0 saturated carbocycles. The summed E-state index contributed by atoms with van der Waals surface area (Å²) in [4.78, 5) is 18.4. The molecule has 1 aromatic carbocycles. The third-order valence-corrected chi connectivity index (χ3v) is 3.23. The number of aromatic nitrogens is 2. The van der Waals surface area contributed by atoms with E-state index in [2.05, 4.69) is 4.98 Å². The summed E-state index contributed by atoms with van der Waals surface area (Å²) in [5, 5.41) is 0. The van der Waals surface area contributed by atoms with Crippen molar-refractivity contribution in [2.24, 2.45) is 0 Å². The molecule has 1 heterocycles. The van der Waals surface area contributed by atoms with Crippen molar-refractivity contribution in [3.05, 3.63) is 52.6 Å². The number of hydrogen-bond acceptors (Lipinski definition) is 4. The Morgan fingerprint density at radius 3 is 2.70 bits per heavy atom. The second-order valence-electron chi connectivity index (χ2n) is 5.11. The number of para-hydroxylation sites is 1. The fraction of sp³-hybridized carbons (Fsp3) is 0.333. The van der Waals surface area contributed by atoms with Gasteiger partial charge in [-0.2, -0.15) is 0 Å². The van der Waals surface area contributed by atoms with E-state index in [0.717, 1.165) is 11.3 Å². The van der Waals surface area contributed by atoms with E-state index in [1.165, 1.54) is 0 Å². The molecule has 106 valence electrons. The van der Waals surface area contributed by atoms with Crippen LogP contribution in [-0.4, -0.2) is 16.6 Å². The van der Waals surface area contributed by atoms with E-state index in [-0.39, 0.29) is 11.6 Å². The molecule has 2 aromatic rings. The van der Waals surface area contributed by atoms with Crippen molar-refractivity contribution in [1.29, 1.82) is 0 Å². The van der Waals surface area contributed by atoms with Gasteiger partial charge in [0.15, 0.2) is 5.82 Å². The maximum Gasteiger partial charge on any atom is 0.293 e. The predicted molar refractivity (Wildman–Crippen MR) is 81.8 cm³/mol. The topological polar surface area (TPSA) is 64.2 Å². The number of nitrogens with zero attached hydrogens (tertiary/aromatic N) is 3. The summed E-state index contributed by atoms with van der Waals surface area (Å²) in [6.45, 7) is 4.50. The first kappa shape index (κ1) is 14.1. The van der Waals surface area contributed by atoms with E-state index < -0.39 is 0 Å². The Morgan fingerprint density at radius 1 is 1.35 bits per heavy atom. The third kappa shape index (κ3) is 2.82. The lowest BCUT2D eigenvalue weighted by Gasteiger charge is -2.20. The van der Waals surface area contributed by atoms with Gasteiger partial charge in [-0.3, -0.25) is 4.79 Å². The Labute approximate surface area is 118 Å². The van der Waals surface area contributed by atoms with Gasteiger partial charge >= 0.3 is 0 Å².